The highest BCUT2D eigenvalue weighted by Gasteiger charge is 2.09. The van der Waals surface area contributed by atoms with Crippen molar-refractivity contribution < 1.29 is 4.79 Å². The number of rotatable bonds is 5. The molecule has 0 unspecified atom stereocenters. The zero-order valence-electron chi connectivity index (χ0n) is 13.6. The maximum Gasteiger partial charge on any atom is 0.244 e. The fraction of sp³-hybridized carbons (Fsp3) is 0.167. The molecule has 0 radical (unpaired) electrons. The highest BCUT2D eigenvalue weighted by Crippen LogP contribution is 2.27. The molecule has 1 aromatic carbocycles. The number of amides is 1. The van der Waals surface area contributed by atoms with Crippen LogP contribution < -0.4 is 5.32 Å². The minimum atomic E-state index is -0.132. The quantitative estimate of drug-likeness (QED) is 0.727. The SMILES string of the molecule is Cc1nc(-c2ccccc2)sc1CNC(=O)C=Cc1cnn(C)c1. The predicted molar refractivity (Wildman–Crippen MR) is 96.4 cm³/mol. The molecule has 2 aromatic heterocycles. The summed E-state index contributed by atoms with van der Waals surface area (Å²) in [5.41, 5.74) is 2.95. The molecule has 0 aliphatic rings. The van der Waals surface area contributed by atoms with Gasteiger partial charge in [0.25, 0.3) is 0 Å². The minimum Gasteiger partial charge on any atom is -0.348 e. The van der Waals surface area contributed by atoms with Gasteiger partial charge in [0.05, 0.1) is 18.4 Å². The second-order valence-corrected chi connectivity index (χ2v) is 6.48. The van der Waals surface area contributed by atoms with Gasteiger partial charge in [-0.2, -0.15) is 5.10 Å². The maximum absolute atomic E-state index is 11.9. The number of carbonyl (C=O) groups excluding carboxylic acids is 1. The summed E-state index contributed by atoms with van der Waals surface area (Å²) in [7, 11) is 1.84. The molecule has 122 valence electrons. The zero-order chi connectivity index (χ0) is 16.9. The van der Waals surface area contributed by atoms with Gasteiger partial charge in [-0.3, -0.25) is 9.48 Å². The summed E-state index contributed by atoms with van der Waals surface area (Å²) in [6.45, 7) is 2.45. The van der Waals surface area contributed by atoms with Crippen molar-refractivity contribution in [3.8, 4) is 10.6 Å². The van der Waals surface area contributed by atoms with Crippen molar-refractivity contribution in [1.82, 2.24) is 20.1 Å². The average molecular weight is 338 g/mol. The van der Waals surface area contributed by atoms with E-state index in [4.69, 9.17) is 0 Å². The minimum absolute atomic E-state index is 0.132. The molecular formula is C18H18N4OS. The molecule has 0 atom stereocenters. The fourth-order valence-corrected chi connectivity index (χ4v) is 3.23. The van der Waals surface area contributed by atoms with Gasteiger partial charge in [0, 0.05) is 35.3 Å². The van der Waals surface area contributed by atoms with Crippen molar-refractivity contribution in [1.29, 1.82) is 0 Å². The second-order valence-electron chi connectivity index (χ2n) is 5.39. The summed E-state index contributed by atoms with van der Waals surface area (Å²) >= 11 is 1.61. The Morgan fingerprint density at radius 3 is 2.83 bits per heavy atom. The van der Waals surface area contributed by atoms with Crippen molar-refractivity contribution in [2.24, 2.45) is 7.05 Å². The number of thiazole rings is 1. The lowest BCUT2D eigenvalue weighted by Gasteiger charge is -1.99. The van der Waals surface area contributed by atoms with E-state index < -0.39 is 0 Å². The first-order valence-corrected chi connectivity index (χ1v) is 8.40. The summed E-state index contributed by atoms with van der Waals surface area (Å²) in [5, 5.41) is 7.93. The van der Waals surface area contributed by atoms with E-state index in [1.165, 1.54) is 6.08 Å². The molecule has 0 bridgehead atoms. The van der Waals surface area contributed by atoms with Gasteiger partial charge in [0.15, 0.2) is 0 Å². The fourth-order valence-electron chi connectivity index (χ4n) is 2.22. The summed E-state index contributed by atoms with van der Waals surface area (Å²) in [6, 6.07) is 10.1. The summed E-state index contributed by atoms with van der Waals surface area (Å²) in [6.07, 6.45) is 6.83. The molecule has 24 heavy (non-hydrogen) atoms. The lowest BCUT2D eigenvalue weighted by Crippen LogP contribution is -2.20. The lowest BCUT2D eigenvalue weighted by molar-refractivity contribution is -0.116. The molecule has 1 amide bonds. The molecule has 0 saturated carbocycles. The van der Waals surface area contributed by atoms with Crippen LogP contribution in [0.25, 0.3) is 16.6 Å². The highest BCUT2D eigenvalue weighted by atomic mass is 32.1. The molecule has 3 aromatic rings. The number of hydrogen-bond donors (Lipinski definition) is 1. The Kier molecular flexibility index (Phi) is 4.86. The number of nitrogens with one attached hydrogen (secondary N) is 1. The number of aryl methyl sites for hydroxylation is 2. The predicted octanol–water partition coefficient (Wildman–Crippen LogP) is 3.18. The van der Waals surface area contributed by atoms with Crippen molar-refractivity contribution in [3.63, 3.8) is 0 Å². The third-order valence-electron chi connectivity index (χ3n) is 3.49. The number of aromatic nitrogens is 3. The topological polar surface area (TPSA) is 59.8 Å². The summed E-state index contributed by atoms with van der Waals surface area (Å²) in [5.74, 6) is -0.132. The van der Waals surface area contributed by atoms with E-state index in [2.05, 4.69) is 15.4 Å². The Hall–Kier alpha value is -2.73. The molecule has 2 heterocycles. The Morgan fingerprint density at radius 1 is 1.33 bits per heavy atom. The van der Waals surface area contributed by atoms with Gasteiger partial charge in [-0.05, 0) is 13.0 Å². The van der Waals surface area contributed by atoms with Gasteiger partial charge in [-0.25, -0.2) is 4.98 Å². The van der Waals surface area contributed by atoms with Crippen LogP contribution in [0.1, 0.15) is 16.1 Å². The van der Waals surface area contributed by atoms with Crippen LogP contribution in [0.15, 0.2) is 48.8 Å². The molecular weight excluding hydrogens is 320 g/mol. The second kappa shape index (κ2) is 7.23. The first-order valence-electron chi connectivity index (χ1n) is 7.58. The van der Waals surface area contributed by atoms with Crippen LogP contribution in [0.5, 0.6) is 0 Å². The van der Waals surface area contributed by atoms with Crippen LogP contribution in [-0.2, 0) is 18.4 Å². The number of benzene rings is 1. The molecule has 5 nitrogen and oxygen atoms in total. The monoisotopic (exact) mass is 338 g/mol. The first kappa shape index (κ1) is 16.1. The van der Waals surface area contributed by atoms with Gasteiger partial charge in [0.2, 0.25) is 5.91 Å². The molecule has 3 rings (SSSR count). The van der Waals surface area contributed by atoms with Gasteiger partial charge in [-0.1, -0.05) is 30.3 Å². The van der Waals surface area contributed by atoms with Crippen LogP contribution in [0.3, 0.4) is 0 Å². The molecule has 0 saturated heterocycles. The van der Waals surface area contributed by atoms with Crippen molar-refractivity contribution >= 4 is 23.3 Å². The molecule has 0 spiro atoms. The van der Waals surface area contributed by atoms with Crippen LogP contribution in [0.4, 0.5) is 0 Å². The molecule has 0 aliphatic heterocycles. The zero-order valence-corrected chi connectivity index (χ0v) is 14.4. The number of carbonyl (C=O) groups is 1. The Morgan fingerprint density at radius 2 is 2.12 bits per heavy atom. The molecule has 0 fully saturated rings. The molecule has 1 N–H and O–H groups in total. The van der Waals surface area contributed by atoms with Gasteiger partial charge in [-0.15, -0.1) is 11.3 Å². The smallest absolute Gasteiger partial charge is 0.244 e. The van der Waals surface area contributed by atoms with E-state index in [0.29, 0.717) is 6.54 Å². The third kappa shape index (κ3) is 3.97. The van der Waals surface area contributed by atoms with Crippen LogP contribution >= 0.6 is 11.3 Å². The standard InChI is InChI=1S/C18H18N4OS/c1-13-16(24-18(21-13)15-6-4-3-5-7-15)11-19-17(23)9-8-14-10-20-22(2)12-14/h3-10,12H,11H2,1-2H3,(H,19,23). The largest absolute Gasteiger partial charge is 0.348 e. The Bertz CT molecular complexity index is 864. The van der Waals surface area contributed by atoms with E-state index in [0.717, 1.165) is 26.7 Å². The Balaban J connectivity index is 1.61. The van der Waals surface area contributed by atoms with Gasteiger partial charge < -0.3 is 5.32 Å². The average Bonchev–Trinajstić information content (AvgIpc) is 3.17. The molecule has 0 aliphatic carbocycles. The van der Waals surface area contributed by atoms with Crippen LogP contribution in [-0.4, -0.2) is 20.7 Å². The molecule has 6 heteroatoms. The highest BCUT2D eigenvalue weighted by molar-refractivity contribution is 7.15. The lowest BCUT2D eigenvalue weighted by atomic mass is 10.2. The number of nitrogens with zero attached hydrogens (tertiary/aromatic N) is 3. The number of hydrogen-bond acceptors (Lipinski definition) is 4. The van der Waals surface area contributed by atoms with E-state index in [1.54, 1.807) is 28.3 Å². The van der Waals surface area contributed by atoms with Crippen LogP contribution in [0.2, 0.25) is 0 Å². The van der Waals surface area contributed by atoms with E-state index in [1.807, 2.05) is 50.5 Å². The van der Waals surface area contributed by atoms with Gasteiger partial charge >= 0.3 is 0 Å². The third-order valence-corrected chi connectivity index (χ3v) is 4.70. The van der Waals surface area contributed by atoms with E-state index in [-0.39, 0.29) is 5.91 Å². The van der Waals surface area contributed by atoms with E-state index >= 15 is 0 Å². The summed E-state index contributed by atoms with van der Waals surface area (Å²) < 4.78 is 1.70. The van der Waals surface area contributed by atoms with Crippen molar-refractivity contribution in [3.05, 3.63) is 64.9 Å². The van der Waals surface area contributed by atoms with Crippen molar-refractivity contribution in [2.45, 2.75) is 13.5 Å². The van der Waals surface area contributed by atoms with Gasteiger partial charge in [0.1, 0.15) is 5.01 Å². The van der Waals surface area contributed by atoms with Crippen LogP contribution in [0, 0.1) is 6.92 Å². The Labute approximate surface area is 144 Å². The first-order chi connectivity index (χ1) is 11.6. The van der Waals surface area contributed by atoms with E-state index in [9.17, 15) is 4.79 Å². The van der Waals surface area contributed by atoms with Crippen molar-refractivity contribution in [2.75, 3.05) is 0 Å². The summed E-state index contributed by atoms with van der Waals surface area (Å²) in [4.78, 5) is 17.6. The maximum atomic E-state index is 11.9. The normalized spacial score (nSPS) is 11.1.